The van der Waals surface area contributed by atoms with Gasteiger partial charge in [0.05, 0.1) is 23.9 Å². The first-order valence-corrected chi connectivity index (χ1v) is 8.66. The third-order valence-corrected chi connectivity index (χ3v) is 4.42. The third-order valence-electron chi connectivity index (χ3n) is 4.42. The molecule has 0 radical (unpaired) electrons. The molecule has 2 aromatic carbocycles. The molecule has 0 saturated heterocycles. The number of aromatic nitrogens is 2. The van der Waals surface area contributed by atoms with Crippen LogP contribution in [0.1, 0.15) is 27.0 Å². The molecule has 0 amide bonds. The van der Waals surface area contributed by atoms with Crippen molar-refractivity contribution in [2.45, 2.75) is 20.5 Å². The van der Waals surface area contributed by atoms with E-state index in [9.17, 15) is 18.4 Å². The summed E-state index contributed by atoms with van der Waals surface area (Å²) in [5, 5.41) is 0. The molecule has 8 heteroatoms. The Kier molecular flexibility index (Phi) is 5.72. The van der Waals surface area contributed by atoms with Crippen molar-refractivity contribution in [3.63, 3.8) is 0 Å². The first-order valence-electron chi connectivity index (χ1n) is 8.66. The van der Waals surface area contributed by atoms with Gasteiger partial charge >= 0.3 is 5.97 Å². The number of aryl methyl sites for hydroxylation is 1. The maximum Gasteiger partial charge on any atom is 0.337 e. The molecule has 3 rings (SSSR count). The fourth-order valence-electron chi connectivity index (χ4n) is 2.75. The quantitative estimate of drug-likeness (QED) is 0.613. The second kappa shape index (κ2) is 8.22. The highest BCUT2D eigenvalue weighted by molar-refractivity contribution is 5.90. The lowest BCUT2D eigenvalue weighted by molar-refractivity contribution is 0.0600. The van der Waals surface area contributed by atoms with E-state index in [2.05, 4.69) is 4.98 Å². The minimum absolute atomic E-state index is 0.0387. The zero-order valence-electron chi connectivity index (χ0n) is 16.0. The predicted octanol–water partition coefficient (Wildman–Crippen LogP) is 3.49. The van der Waals surface area contributed by atoms with Crippen molar-refractivity contribution in [2.75, 3.05) is 7.11 Å². The number of hydrogen-bond acceptors (Lipinski definition) is 5. The predicted molar refractivity (Wildman–Crippen MR) is 101 cm³/mol. The van der Waals surface area contributed by atoms with Crippen LogP contribution in [0.3, 0.4) is 0 Å². The van der Waals surface area contributed by atoms with Gasteiger partial charge in [0.25, 0.3) is 5.56 Å². The van der Waals surface area contributed by atoms with Gasteiger partial charge in [-0.1, -0.05) is 6.07 Å². The van der Waals surface area contributed by atoms with Crippen LogP contribution in [0.4, 0.5) is 8.78 Å². The lowest BCUT2D eigenvalue weighted by Gasteiger charge is -2.13. The van der Waals surface area contributed by atoms with E-state index in [1.54, 1.807) is 19.1 Å². The van der Waals surface area contributed by atoms with Gasteiger partial charge in [-0.15, -0.1) is 0 Å². The zero-order chi connectivity index (χ0) is 21.1. The van der Waals surface area contributed by atoms with Gasteiger partial charge in [-0.25, -0.2) is 18.6 Å². The van der Waals surface area contributed by atoms with Crippen LogP contribution in [0.5, 0.6) is 5.88 Å². The zero-order valence-corrected chi connectivity index (χ0v) is 16.0. The number of ether oxygens (including phenoxy) is 2. The summed E-state index contributed by atoms with van der Waals surface area (Å²) in [7, 11) is 1.27. The molecule has 0 unspecified atom stereocenters. The Hall–Kier alpha value is -3.55. The van der Waals surface area contributed by atoms with Crippen LogP contribution in [0.25, 0.3) is 5.69 Å². The largest absolute Gasteiger partial charge is 0.472 e. The maximum atomic E-state index is 13.8. The molecular formula is C21H18F2N2O4. The maximum absolute atomic E-state index is 13.8. The minimum Gasteiger partial charge on any atom is -0.472 e. The van der Waals surface area contributed by atoms with Gasteiger partial charge in [0.15, 0.2) is 0 Å². The number of halogens is 2. The van der Waals surface area contributed by atoms with E-state index < -0.39 is 23.2 Å². The Morgan fingerprint density at radius 1 is 1.14 bits per heavy atom. The molecule has 0 spiro atoms. The van der Waals surface area contributed by atoms with E-state index in [0.717, 1.165) is 17.7 Å². The van der Waals surface area contributed by atoms with Gasteiger partial charge in [-0.2, -0.15) is 0 Å². The van der Waals surface area contributed by atoms with Crippen LogP contribution in [0.2, 0.25) is 0 Å². The molecule has 1 aromatic heterocycles. The van der Waals surface area contributed by atoms with E-state index in [4.69, 9.17) is 9.47 Å². The molecular weight excluding hydrogens is 382 g/mol. The molecule has 0 atom stereocenters. The smallest absolute Gasteiger partial charge is 0.337 e. The Morgan fingerprint density at radius 2 is 1.90 bits per heavy atom. The van der Waals surface area contributed by atoms with Gasteiger partial charge in [-0.05, 0) is 43.7 Å². The lowest BCUT2D eigenvalue weighted by atomic mass is 10.1. The van der Waals surface area contributed by atoms with Crippen molar-refractivity contribution >= 4 is 5.97 Å². The summed E-state index contributed by atoms with van der Waals surface area (Å²) < 4.78 is 38.2. The molecule has 6 nitrogen and oxygen atoms in total. The summed E-state index contributed by atoms with van der Waals surface area (Å²) in [6.07, 6.45) is 1.27. The molecule has 0 aliphatic heterocycles. The molecule has 29 heavy (non-hydrogen) atoms. The molecule has 0 bridgehead atoms. The van der Waals surface area contributed by atoms with Crippen molar-refractivity contribution < 1.29 is 23.0 Å². The molecule has 0 saturated carbocycles. The number of methoxy groups -OCH3 is 1. The summed E-state index contributed by atoms with van der Waals surface area (Å²) in [5.41, 5.74) is 1.47. The van der Waals surface area contributed by atoms with Gasteiger partial charge in [0.1, 0.15) is 24.6 Å². The molecule has 1 heterocycles. The number of hydrogen-bond donors (Lipinski definition) is 0. The van der Waals surface area contributed by atoms with E-state index in [1.165, 1.54) is 37.1 Å². The summed E-state index contributed by atoms with van der Waals surface area (Å²) in [6.45, 7) is 3.11. The second-order valence-electron chi connectivity index (χ2n) is 6.37. The fraction of sp³-hybridized carbons (Fsp3) is 0.190. The molecule has 3 aromatic rings. The van der Waals surface area contributed by atoms with Gasteiger partial charge in [0, 0.05) is 11.6 Å². The summed E-state index contributed by atoms with van der Waals surface area (Å²) in [5.74, 6) is -1.92. The number of benzene rings is 2. The minimum atomic E-state index is -0.744. The number of rotatable bonds is 5. The molecule has 0 aliphatic rings. The van der Waals surface area contributed by atoms with Crippen LogP contribution >= 0.6 is 0 Å². The van der Waals surface area contributed by atoms with E-state index >= 15 is 0 Å². The second-order valence-corrected chi connectivity index (χ2v) is 6.37. The normalized spacial score (nSPS) is 10.7. The number of carbonyl (C=O) groups excluding carboxylic acids is 1. The average molecular weight is 400 g/mol. The number of esters is 1. The van der Waals surface area contributed by atoms with Crippen molar-refractivity contribution in [1.29, 1.82) is 0 Å². The van der Waals surface area contributed by atoms with E-state index in [0.29, 0.717) is 11.3 Å². The van der Waals surface area contributed by atoms with Crippen molar-refractivity contribution in [3.8, 4) is 11.6 Å². The molecule has 0 N–H and O–H groups in total. The summed E-state index contributed by atoms with van der Waals surface area (Å²) in [4.78, 5) is 28.7. The summed E-state index contributed by atoms with van der Waals surface area (Å²) >= 11 is 0. The first-order chi connectivity index (χ1) is 13.8. The highest BCUT2D eigenvalue weighted by Gasteiger charge is 2.15. The lowest BCUT2D eigenvalue weighted by Crippen LogP contribution is -2.23. The van der Waals surface area contributed by atoms with Crippen molar-refractivity contribution in [3.05, 3.63) is 87.0 Å². The van der Waals surface area contributed by atoms with Crippen LogP contribution in [0.15, 0.2) is 47.5 Å². The Morgan fingerprint density at radius 3 is 2.59 bits per heavy atom. The average Bonchev–Trinajstić information content (AvgIpc) is 2.70. The van der Waals surface area contributed by atoms with Crippen LogP contribution in [-0.4, -0.2) is 22.6 Å². The number of nitrogens with zero attached hydrogens (tertiary/aromatic N) is 2. The van der Waals surface area contributed by atoms with E-state index in [-0.39, 0.29) is 23.6 Å². The van der Waals surface area contributed by atoms with Crippen LogP contribution < -0.4 is 10.3 Å². The Balaban J connectivity index is 1.92. The van der Waals surface area contributed by atoms with Crippen molar-refractivity contribution in [2.24, 2.45) is 0 Å². The Bertz CT molecular complexity index is 1140. The van der Waals surface area contributed by atoms with Gasteiger partial charge < -0.3 is 9.47 Å². The van der Waals surface area contributed by atoms with Gasteiger partial charge in [0.2, 0.25) is 5.88 Å². The van der Waals surface area contributed by atoms with Crippen molar-refractivity contribution in [1.82, 2.24) is 9.55 Å². The molecule has 150 valence electrons. The van der Waals surface area contributed by atoms with Crippen LogP contribution in [0, 0.1) is 25.5 Å². The first kappa shape index (κ1) is 20.2. The monoisotopic (exact) mass is 400 g/mol. The topological polar surface area (TPSA) is 70.4 Å². The highest BCUT2D eigenvalue weighted by Crippen LogP contribution is 2.19. The van der Waals surface area contributed by atoms with Gasteiger partial charge in [-0.3, -0.25) is 9.36 Å². The summed E-state index contributed by atoms with van der Waals surface area (Å²) in [6, 6.07) is 7.99. The fourth-order valence-corrected chi connectivity index (χ4v) is 2.75. The third kappa shape index (κ3) is 4.16. The van der Waals surface area contributed by atoms with Crippen LogP contribution in [-0.2, 0) is 11.3 Å². The van der Waals surface area contributed by atoms with E-state index in [1.807, 2.05) is 0 Å². The standard InChI is InChI=1S/C21H18F2N2O4/c1-12-4-5-14(21(27)28-3)8-18(12)25-11-24-19(13(2)20(25)26)29-10-15-6-7-16(22)9-17(15)23/h4-9,11H,10H2,1-3H3. The molecule has 0 fully saturated rings. The highest BCUT2D eigenvalue weighted by atomic mass is 19.1. The SMILES string of the molecule is COC(=O)c1ccc(C)c(-n2cnc(OCc3ccc(F)cc3F)c(C)c2=O)c1. The number of carbonyl (C=O) groups is 1. The molecule has 0 aliphatic carbocycles. The Labute approximate surface area is 165 Å².